The van der Waals surface area contributed by atoms with Gasteiger partial charge in [0, 0.05) is 17.7 Å². The summed E-state index contributed by atoms with van der Waals surface area (Å²) in [5.74, 6) is 1.30. The standard InChI is InChI=1S/C15H16FNO2S/c1-10-11(2)19-15(17-10)20-9-3-4-14(18)12-5-7-13(16)8-6-12/h5-8H,3-4,9H2,1-2H3. The molecular formula is C15H16FNO2S. The molecule has 2 aromatic rings. The van der Waals surface area contributed by atoms with E-state index in [2.05, 4.69) is 4.98 Å². The van der Waals surface area contributed by atoms with Gasteiger partial charge in [0.05, 0.1) is 5.69 Å². The Labute approximate surface area is 121 Å². The number of carbonyl (C=O) groups excluding carboxylic acids is 1. The van der Waals surface area contributed by atoms with Crippen LogP contribution >= 0.6 is 11.8 Å². The number of nitrogens with zero attached hydrogens (tertiary/aromatic N) is 1. The van der Waals surface area contributed by atoms with Gasteiger partial charge >= 0.3 is 0 Å². The third-order valence-corrected chi connectivity index (χ3v) is 3.86. The minimum absolute atomic E-state index is 0.0327. The molecule has 0 bridgehead atoms. The zero-order chi connectivity index (χ0) is 14.5. The second kappa shape index (κ2) is 6.70. The summed E-state index contributed by atoms with van der Waals surface area (Å²) in [7, 11) is 0. The Bertz CT molecular complexity index is 573. The lowest BCUT2D eigenvalue weighted by atomic mass is 10.1. The fourth-order valence-corrected chi connectivity index (χ4v) is 2.53. The molecule has 20 heavy (non-hydrogen) atoms. The van der Waals surface area contributed by atoms with Gasteiger partial charge in [-0.05, 0) is 44.5 Å². The van der Waals surface area contributed by atoms with Gasteiger partial charge in [-0.15, -0.1) is 0 Å². The van der Waals surface area contributed by atoms with Crippen LogP contribution in [-0.4, -0.2) is 16.5 Å². The predicted octanol–water partition coefficient (Wildman–Crippen LogP) is 4.19. The van der Waals surface area contributed by atoms with Gasteiger partial charge in [0.2, 0.25) is 0 Å². The van der Waals surface area contributed by atoms with Crippen LogP contribution < -0.4 is 0 Å². The van der Waals surface area contributed by atoms with E-state index in [0.29, 0.717) is 17.2 Å². The molecule has 3 nitrogen and oxygen atoms in total. The molecule has 1 aromatic heterocycles. The predicted molar refractivity (Wildman–Crippen MR) is 76.7 cm³/mol. The van der Waals surface area contributed by atoms with E-state index in [4.69, 9.17) is 4.42 Å². The molecule has 1 heterocycles. The van der Waals surface area contributed by atoms with Crippen molar-refractivity contribution in [3.05, 3.63) is 47.1 Å². The minimum Gasteiger partial charge on any atom is -0.437 e. The molecular weight excluding hydrogens is 277 g/mol. The molecule has 0 amide bonds. The molecule has 0 N–H and O–H groups in total. The van der Waals surface area contributed by atoms with Crippen molar-refractivity contribution < 1.29 is 13.6 Å². The molecule has 0 unspecified atom stereocenters. The first-order valence-corrected chi connectivity index (χ1v) is 7.40. The van der Waals surface area contributed by atoms with Crippen LogP contribution in [0.4, 0.5) is 4.39 Å². The average Bonchev–Trinajstić information content (AvgIpc) is 2.74. The number of hydrogen-bond acceptors (Lipinski definition) is 4. The van der Waals surface area contributed by atoms with Gasteiger partial charge in [0.15, 0.2) is 5.78 Å². The molecule has 0 aliphatic heterocycles. The summed E-state index contributed by atoms with van der Waals surface area (Å²) in [5, 5.41) is 0.647. The normalized spacial score (nSPS) is 10.8. The van der Waals surface area contributed by atoms with Crippen molar-refractivity contribution in [2.45, 2.75) is 31.9 Å². The summed E-state index contributed by atoms with van der Waals surface area (Å²) in [6.07, 6.45) is 1.18. The Morgan fingerprint density at radius 3 is 2.60 bits per heavy atom. The van der Waals surface area contributed by atoms with Gasteiger partial charge in [-0.1, -0.05) is 11.8 Å². The Balaban J connectivity index is 1.75. The fraction of sp³-hybridized carbons (Fsp3) is 0.333. The van der Waals surface area contributed by atoms with Gasteiger partial charge in [-0.3, -0.25) is 4.79 Å². The largest absolute Gasteiger partial charge is 0.437 e. The van der Waals surface area contributed by atoms with Crippen molar-refractivity contribution in [1.29, 1.82) is 0 Å². The fourth-order valence-electron chi connectivity index (χ4n) is 1.68. The summed E-state index contributed by atoms with van der Waals surface area (Å²) in [6.45, 7) is 3.78. The Morgan fingerprint density at radius 1 is 1.30 bits per heavy atom. The van der Waals surface area contributed by atoms with Gasteiger partial charge in [0.1, 0.15) is 11.6 Å². The first kappa shape index (κ1) is 14.8. The van der Waals surface area contributed by atoms with Crippen LogP contribution in [0.5, 0.6) is 0 Å². The monoisotopic (exact) mass is 293 g/mol. The zero-order valence-electron chi connectivity index (χ0n) is 11.5. The maximum Gasteiger partial charge on any atom is 0.256 e. The van der Waals surface area contributed by atoms with E-state index in [1.54, 1.807) is 0 Å². The molecule has 0 atom stereocenters. The van der Waals surface area contributed by atoms with E-state index < -0.39 is 0 Å². The van der Waals surface area contributed by atoms with Crippen LogP contribution in [0.3, 0.4) is 0 Å². The van der Waals surface area contributed by atoms with Crippen LogP contribution in [0.25, 0.3) is 0 Å². The van der Waals surface area contributed by atoms with Crippen molar-refractivity contribution in [3.8, 4) is 0 Å². The highest BCUT2D eigenvalue weighted by atomic mass is 32.2. The summed E-state index contributed by atoms with van der Waals surface area (Å²) in [6, 6.07) is 5.65. The van der Waals surface area contributed by atoms with Crippen LogP contribution in [0.1, 0.15) is 34.7 Å². The topological polar surface area (TPSA) is 43.1 Å². The highest BCUT2D eigenvalue weighted by Crippen LogP contribution is 2.21. The number of Topliss-reactive ketones (excluding diaryl/α,β-unsaturated/α-hetero) is 1. The number of ketones is 1. The van der Waals surface area contributed by atoms with E-state index in [-0.39, 0.29) is 11.6 Å². The second-order valence-corrected chi connectivity index (χ2v) is 5.55. The van der Waals surface area contributed by atoms with E-state index in [0.717, 1.165) is 23.6 Å². The van der Waals surface area contributed by atoms with E-state index in [1.165, 1.54) is 36.0 Å². The van der Waals surface area contributed by atoms with Crippen LogP contribution in [0.2, 0.25) is 0 Å². The first-order valence-electron chi connectivity index (χ1n) is 6.42. The van der Waals surface area contributed by atoms with Crippen molar-refractivity contribution in [2.24, 2.45) is 0 Å². The summed E-state index contributed by atoms with van der Waals surface area (Å²) in [4.78, 5) is 16.1. The number of benzene rings is 1. The number of aromatic nitrogens is 1. The molecule has 106 valence electrons. The lowest BCUT2D eigenvalue weighted by Gasteiger charge is -2.00. The third kappa shape index (κ3) is 3.93. The number of rotatable bonds is 6. The number of oxazole rings is 1. The van der Waals surface area contributed by atoms with E-state index >= 15 is 0 Å². The van der Waals surface area contributed by atoms with Crippen molar-refractivity contribution >= 4 is 17.5 Å². The molecule has 0 radical (unpaired) electrons. The van der Waals surface area contributed by atoms with E-state index in [1.807, 2.05) is 13.8 Å². The summed E-state index contributed by atoms with van der Waals surface area (Å²) >= 11 is 1.51. The minimum atomic E-state index is -0.327. The van der Waals surface area contributed by atoms with Gasteiger partial charge in [0.25, 0.3) is 5.22 Å². The van der Waals surface area contributed by atoms with Crippen LogP contribution in [0, 0.1) is 19.7 Å². The highest BCUT2D eigenvalue weighted by molar-refractivity contribution is 7.99. The highest BCUT2D eigenvalue weighted by Gasteiger charge is 2.08. The average molecular weight is 293 g/mol. The number of carbonyl (C=O) groups is 1. The smallest absolute Gasteiger partial charge is 0.256 e. The quantitative estimate of drug-likeness (QED) is 0.455. The number of hydrogen-bond donors (Lipinski definition) is 0. The second-order valence-electron chi connectivity index (χ2n) is 4.50. The summed E-state index contributed by atoms with van der Waals surface area (Å²) in [5.41, 5.74) is 1.45. The molecule has 0 aliphatic carbocycles. The maximum absolute atomic E-state index is 12.7. The van der Waals surface area contributed by atoms with Gasteiger partial charge in [-0.25, -0.2) is 9.37 Å². The third-order valence-electron chi connectivity index (χ3n) is 2.95. The van der Waals surface area contributed by atoms with Crippen LogP contribution in [-0.2, 0) is 0 Å². The lowest BCUT2D eigenvalue weighted by molar-refractivity contribution is 0.0982. The molecule has 2 rings (SSSR count). The first-order chi connectivity index (χ1) is 9.56. The van der Waals surface area contributed by atoms with Crippen molar-refractivity contribution in [2.75, 3.05) is 5.75 Å². The molecule has 0 saturated heterocycles. The Kier molecular flexibility index (Phi) is 4.95. The van der Waals surface area contributed by atoms with Crippen molar-refractivity contribution in [1.82, 2.24) is 4.98 Å². The summed E-state index contributed by atoms with van der Waals surface area (Å²) < 4.78 is 18.2. The van der Waals surface area contributed by atoms with Crippen LogP contribution in [0.15, 0.2) is 33.9 Å². The van der Waals surface area contributed by atoms with E-state index in [9.17, 15) is 9.18 Å². The molecule has 1 aromatic carbocycles. The Hall–Kier alpha value is -1.62. The van der Waals surface area contributed by atoms with Crippen molar-refractivity contribution in [3.63, 3.8) is 0 Å². The number of aryl methyl sites for hydroxylation is 2. The molecule has 5 heteroatoms. The molecule has 0 saturated carbocycles. The molecule has 0 spiro atoms. The molecule has 0 aliphatic rings. The zero-order valence-corrected chi connectivity index (χ0v) is 12.3. The Morgan fingerprint density at radius 2 is 2.00 bits per heavy atom. The molecule has 0 fully saturated rings. The number of halogens is 1. The van der Waals surface area contributed by atoms with Gasteiger partial charge < -0.3 is 4.42 Å². The van der Waals surface area contributed by atoms with Gasteiger partial charge in [-0.2, -0.15) is 0 Å². The SMILES string of the molecule is Cc1nc(SCCCC(=O)c2ccc(F)cc2)oc1C. The number of thioether (sulfide) groups is 1. The lowest BCUT2D eigenvalue weighted by Crippen LogP contribution is -1.99. The maximum atomic E-state index is 12.7.